The van der Waals surface area contributed by atoms with E-state index in [1.807, 2.05) is 0 Å². The first-order chi connectivity index (χ1) is 9.88. The predicted octanol–water partition coefficient (Wildman–Crippen LogP) is 2.71. The Labute approximate surface area is 119 Å². The van der Waals surface area contributed by atoms with E-state index in [9.17, 15) is 18.0 Å². The minimum Gasteiger partial charge on any atom is -0.367 e. The van der Waals surface area contributed by atoms with Gasteiger partial charge in [-0.25, -0.2) is 0 Å². The zero-order valence-corrected chi connectivity index (χ0v) is 11.3. The standard InChI is InChI=1S/C14H14F3N3O/c1-9-7-18-8-12(9)13(21)20-5-3-11-6-10(2-4-19-11)14(15,16)17/h2,4,6-8,18H,3,5H2,1H3,(H,20,21). The highest BCUT2D eigenvalue weighted by Crippen LogP contribution is 2.28. The van der Waals surface area contributed by atoms with Crippen LogP contribution in [0.5, 0.6) is 0 Å². The number of H-pyrrole nitrogens is 1. The summed E-state index contributed by atoms with van der Waals surface area (Å²) in [7, 11) is 0. The van der Waals surface area contributed by atoms with E-state index in [0.29, 0.717) is 5.56 Å². The number of nitrogens with one attached hydrogen (secondary N) is 2. The van der Waals surface area contributed by atoms with Crippen LogP contribution in [-0.4, -0.2) is 22.4 Å². The number of amides is 1. The molecule has 7 heteroatoms. The summed E-state index contributed by atoms with van der Waals surface area (Å²) in [6.07, 6.45) is 0.245. The minimum absolute atomic E-state index is 0.220. The van der Waals surface area contributed by atoms with Gasteiger partial charge in [-0.05, 0) is 24.6 Å². The molecular formula is C14H14F3N3O. The molecule has 2 rings (SSSR count). The summed E-state index contributed by atoms with van der Waals surface area (Å²) in [5.74, 6) is -0.263. The molecule has 0 aliphatic rings. The van der Waals surface area contributed by atoms with Gasteiger partial charge in [-0.3, -0.25) is 9.78 Å². The number of aromatic amines is 1. The predicted molar refractivity (Wildman–Crippen MR) is 70.8 cm³/mol. The van der Waals surface area contributed by atoms with E-state index in [1.54, 1.807) is 19.3 Å². The third-order valence-electron chi connectivity index (χ3n) is 3.01. The summed E-state index contributed by atoms with van der Waals surface area (Å²) in [5, 5.41) is 2.65. The van der Waals surface area contributed by atoms with Gasteiger partial charge in [0.25, 0.3) is 5.91 Å². The van der Waals surface area contributed by atoms with Gasteiger partial charge in [-0.15, -0.1) is 0 Å². The van der Waals surface area contributed by atoms with Crippen LogP contribution in [0, 0.1) is 6.92 Å². The second-order valence-corrected chi connectivity index (χ2v) is 4.59. The van der Waals surface area contributed by atoms with Crippen molar-refractivity contribution in [2.24, 2.45) is 0 Å². The van der Waals surface area contributed by atoms with E-state index < -0.39 is 11.7 Å². The van der Waals surface area contributed by atoms with E-state index in [-0.39, 0.29) is 24.6 Å². The average Bonchev–Trinajstić information content (AvgIpc) is 2.84. The Morgan fingerprint density at radius 2 is 2.14 bits per heavy atom. The lowest BCUT2D eigenvalue weighted by Gasteiger charge is -2.08. The molecule has 0 saturated carbocycles. The van der Waals surface area contributed by atoms with Crippen molar-refractivity contribution in [3.05, 3.63) is 53.1 Å². The molecule has 0 atom stereocenters. The van der Waals surface area contributed by atoms with Crippen LogP contribution in [0.4, 0.5) is 13.2 Å². The van der Waals surface area contributed by atoms with Crippen molar-refractivity contribution >= 4 is 5.91 Å². The topological polar surface area (TPSA) is 57.8 Å². The first-order valence-electron chi connectivity index (χ1n) is 6.31. The normalized spacial score (nSPS) is 11.4. The molecule has 21 heavy (non-hydrogen) atoms. The fraction of sp³-hybridized carbons (Fsp3) is 0.286. The smallest absolute Gasteiger partial charge is 0.367 e. The number of hydrogen-bond donors (Lipinski definition) is 2. The summed E-state index contributed by atoms with van der Waals surface area (Å²) in [4.78, 5) is 18.5. The fourth-order valence-electron chi connectivity index (χ4n) is 1.88. The number of pyridine rings is 1. The molecule has 0 spiro atoms. The van der Waals surface area contributed by atoms with Gasteiger partial charge < -0.3 is 10.3 Å². The highest BCUT2D eigenvalue weighted by atomic mass is 19.4. The van der Waals surface area contributed by atoms with Crippen molar-refractivity contribution in [1.82, 2.24) is 15.3 Å². The largest absolute Gasteiger partial charge is 0.416 e. The second kappa shape index (κ2) is 5.99. The lowest BCUT2D eigenvalue weighted by atomic mass is 10.2. The highest BCUT2D eigenvalue weighted by molar-refractivity contribution is 5.95. The molecule has 2 heterocycles. The van der Waals surface area contributed by atoms with E-state index in [2.05, 4.69) is 15.3 Å². The number of aryl methyl sites for hydroxylation is 1. The maximum atomic E-state index is 12.5. The first-order valence-corrected chi connectivity index (χ1v) is 6.31. The molecule has 4 nitrogen and oxygen atoms in total. The zero-order valence-electron chi connectivity index (χ0n) is 11.3. The van der Waals surface area contributed by atoms with Gasteiger partial charge in [-0.1, -0.05) is 0 Å². The number of halogens is 3. The van der Waals surface area contributed by atoms with Crippen LogP contribution in [0.15, 0.2) is 30.7 Å². The third kappa shape index (κ3) is 3.84. The van der Waals surface area contributed by atoms with Gasteiger partial charge in [0, 0.05) is 37.3 Å². The maximum absolute atomic E-state index is 12.5. The van der Waals surface area contributed by atoms with E-state index in [4.69, 9.17) is 0 Å². The van der Waals surface area contributed by atoms with Crippen LogP contribution >= 0.6 is 0 Å². The van der Waals surface area contributed by atoms with Gasteiger partial charge in [-0.2, -0.15) is 13.2 Å². The summed E-state index contributed by atoms with van der Waals surface area (Å²) in [6.45, 7) is 2.01. The van der Waals surface area contributed by atoms with Crippen LogP contribution in [0.2, 0.25) is 0 Å². The SMILES string of the molecule is Cc1c[nH]cc1C(=O)NCCc1cc(C(F)(F)F)ccn1. The highest BCUT2D eigenvalue weighted by Gasteiger charge is 2.30. The average molecular weight is 297 g/mol. The Morgan fingerprint density at radius 1 is 1.38 bits per heavy atom. The molecule has 0 bridgehead atoms. The number of alkyl halides is 3. The molecule has 2 aromatic heterocycles. The molecule has 0 saturated heterocycles. The molecule has 0 aliphatic carbocycles. The van der Waals surface area contributed by atoms with Crippen molar-refractivity contribution in [2.45, 2.75) is 19.5 Å². The molecule has 0 radical (unpaired) electrons. The second-order valence-electron chi connectivity index (χ2n) is 4.59. The quantitative estimate of drug-likeness (QED) is 0.911. The van der Waals surface area contributed by atoms with Gasteiger partial charge >= 0.3 is 6.18 Å². The number of nitrogens with zero attached hydrogens (tertiary/aromatic N) is 1. The molecule has 0 aliphatic heterocycles. The number of rotatable bonds is 4. The zero-order chi connectivity index (χ0) is 15.5. The molecule has 0 fully saturated rings. The molecule has 0 aromatic carbocycles. The van der Waals surface area contributed by atoms with Gasteiger partial charge in [0.15, 0.2) is 0 Å². The van der Waals surface area contributed by atoms with Crippen LogP contribution in [0.25, 0.3) is 0 Å². The van der Waals surface area contributed by atoms with Gasteiger partial charge in [0.1, 0.15) is 0 Å². The van der Waals surface area contributed by atoms with E-state index >= 15 is 0 Å². The van der Waals surface area contributed by atoms with Crippen LogP contribution in [-0.2, 0) is 12.6 Å². The number of carbonyl (C=O) groups excluding carboxylic acids is 1. The van der Waals surface area contributed by atoms with Crippen molar-refractivity contribution in [3.8, 4) is 0 Å². The molecule has 2 aromatic rings. The summed E-state index contributed by atoms with van der Waals surface area (Å²) >= 11 is 0. The third-order valence-corrected chi connectivity index (χ3v) is 3.01. The van der Waals surface area contributed by atoms with Crippen LogP contribution in [0.3, 0.4) is 0 Å². The first kappa shape index (κ1) is 15.1. The Balaban J connectivity index is 1.92. The van der Waals surface area contributed by atoms with Crippen LogP contribution < -0.4 is 5.32 Å². The molecule has 112 valence electrons. The molecule has 2 N–H and O–H groups in total. The van der Waals surface area contributed by atoms with Crippen molar-refractivity contribution < 1.29 is 18.0 Å². The minimum atomic E-state index is -4.39. The lowest BCUT2D eigenvalue weighted by Crippen LogP contribution is -2.26. The number of hydrogen-bond acceptors (Lipinski definition) is 2. The summed E-state index contributed by atoms with van der Waals surface area (Å²) in [6, 6.07) is 1.92. The van der Waals surface area contributed by atoms with Crippen LogP contribution in [0.1, 0.15) is 27.2 Å². The Kier molecular flexibility index (Phi) is 4.30. The molecular weight excluding hydrogens is 283 g/mol. The van der Waals surface area contributed by atoms with E-state index in [1.165, 1.54) is 0 Å². The van der Waals surface area contributed by atoms with Crippen molar-refractivity contribution in [1.29, 1.82) is 0 Å². The van der Waals surface area contributed by atoms with Crippen molar-refractivity contribution in [3.63, 3.8) is 0 Å². The summed E-state index contributed by atoms with van der Waals surface area (Å²) < 4.78 is 37.6. The van der Waals surface area contributed by atoms with Gasteiger partial charge in [0.05, 0.1) is 11.1 Å². The number of carbonyl (C=O) groups is 1. The van der Waals surface area contributed by atoms with E-state index in [0.717, 1.165) is 23.9 Å². The maximum Gasteiger partial charge on any atom is 0.416 e. The Bertz CT molecular complexity index is 634. The number of aromatic nitrogens is 2. The summed E-state index contributed by atoms with van der Waals surface area (Å²) in [5.41, 5.74) is 0.882. The Hall–Kier alpha value is -2.31. The van der Waals surface area contributed by atoms with Crippen molar-refractivity contribution in [2.75, 3.05) is 6.54 Å². The Morgan fingerprint density at radius 3 is 2.76 bits per heavy atom. The van der Waals surface area contributed by atoms with Gasteiger partial charge in [0.2, 0.25) is 0 Å². The lowest BCUT2D eigenvalue weighted by molar-refractivity contribution is -0.137. The molecule has 0 unspecified atom stereocenters. The fourth-order valence-corrected chi connectivity index (χ4v) is 1.88. The molecule has 1 amide bonds. The monoisotopic (exact) mass is 297 g/mol.